The Hall–Kier alpha value is -3.40. The maximum atomic E-state index is 13.6. The summed E-state index contributed by atoms with van der Waals surface area (Å²) in [5, 5.41) is 0. The summed E-state index contributed by atoms with van der Waals surface area (Å²) in [4.78, 5) is 17.5. The summed E-state index contributed by atoms with van der Waals surface area (Å²) in [6.45, 7) is 4.37. The third-order valence-corrected chi connectivity index (χ3v) is 8.07. The summed E-state index contributed by atoms with van der Waals surface area (Å²) >= 11 is 1.20. The van der Waals surface area contributed by atoms with Gasteiger partial charge in [0.1, 0.15) is 5.82 Å². The minimum absolute atomic E-state index is 0.0848. The van der Waals surface area contributed by atoms with Crippen LogP contribution in [0, 0.1) is 5.82 Å². The second-order valence-electron chi connectivity index (χ2n) is 7.58. The summed E-state index contributed by atoms with van der Waals surface area (Å²) in [5.74, 6) is -0.891. The Labute approximate surface area is 201 Å². The number of amides is 1. The average Bonchev–Trinajstić information content (AvgIpc) is 3.15. The number of halogens is 1. The van der Waals surface area contributed by atoms with Gasteiger partial charge in [-0.2, -0.15) is 9.30 Å². The average molecular weight is 496 g/mol. The number of benzene rings is 3. The highest BCUT2D eigenvalue weighted by Crippen LogP contribution is 2.20. The molecule has 1 amide bonds. The first-order valence-corrected chi connectivity index (χ1v) is 12.6. The van der Waals surface area contributed by atoms with Crippen molar-refractivity contribution in [2.75, 3.05) is 7.05 Å². The van der Waals surface area contributed by atoms with Crippen molar-refractivity contribution in [1.82, 2.24) is 8.87 Å². The van der Waals surface area contributed by atoms with E-state index in [4.69, 9.17) is 0 Å². The van der Waals surface area contributed by atoms with Gasteiger partial charge in [0.15, 0.2) is 4.80 Å². The van der Waals surface area contributed by atoms with Crippen LogP contribution in [0.1, 0.15) is 15.9 Å². The molecule has 3 aromatic carbocycles. The number of sulfonamides is 1. The molecule has 1 heterocycles. The SMILES string of the molecule is C=CCn1c(=NC(=O)c2ccc(S(=O)(=O)N(C)Cc3ccccc3)cc2)sc2cc(F)ccc21. The monoisotopic (exact) mass is 495 g/mol. The van der Waals surface area contributed by atoms with E-state index in [-0.39, 0.29) is 22.8 Å². The van der Waals surface area contributed by atoms with Crippen molar-refractivity contribution in [2.45, 2.75) is 18.0 Å². The lowest BCUT2D eigenvalue weighted by molar-refractivity contribution is 0.0997. The number of thiazole rings is 1. The zero-order chi connectivity index (χ0) is 24.3. The second-order valence-corrected chi connectivity index (χ2v) is 10.6. The topological polar surface area (TPSA) is 71.7 Å². The number of rotatable bonds is 7. The molecule has 0 aliphatic heterocycles. The molecule has 0 aliphatic rings. The van der Waals surface area contributed by atoms with Crippen LogP contribution < -0.4 is 4.80 Å². The van der Waals surface area contributed by atoms with E-state index >= 15 is 0 Å². The van der Waals surface area contributed by atoms with Crippen LogP contribution in [-0.2, 0) is 23.1 Å². The van der Waals surface area contributed by atoms with E-state index in [0.717, 1.165) is 11.1 Å². The van der Waals surface area contributed by atoms with E-state index in [2.05, 4.69) is 11.6 Å². The van der Waals surface area contributed by atoms with E-state index in [9.17, 15) is 17.6 Å². The van der Waals surface area contributed by atoms with E-state index < -0.39 is 15.9 Å². The summed E-state index contributed by atoms with van der Waals surface area (Å²) in [5.41, 5.74) is 1.87. The van der Waals surface area contributed by atoms with Crippen LogP contribution in [0.2, 0.25) is 0 Å². The van der Waals surface area contributed by atoms with Crippen LogP contribution in [0.3, 0.4) is 0 Å². The van der Waals surface area contributed by atoms with E-state index in [1.165, 1.54) is 59.1 Å². The largest absolute Gasteiger partial charge is 0.312 e. The number of carbonyl (C=O) groups excluding carboxylic acids is 1. The van der Waals surface area contributed by atoms with Gasteiger partial charge in [-0.25, -0.2) is 12.8 Å². The molecule has 4 aromatic rings. The van der Waals surface area contributed by atoms with Crippen molar-refractivity contribution in [2.24, 2.45) is 4.99 Å². The molecule has 0 N–H and O–H groups in total. The van der Waals surface area contributed by atoms with Gasteiger partial charge < -0.3 is 4.57 Å². The summed E-state index contributed by atoms with van der Waals surface area (Å²) in [6, 6.07) is 19.4. The van der Waals surface area contributed by atoms with Crippen LogP contribution in [0.25, 0.3) is 10.2 Å². The van der Waals surface area contributed by atoms with Gasteiger partial charge in [-0.15, -0.1) is 6.58 Å². The molecule has 0 saturated carbocycles. The Kier molecular flexibility index (Phi) is 6.87. The van der Waals surface area contributed by atoms with Crippen LogP contribution in [-0.4, -0.2) is 30.2 Å². The minimum Gasteiger partial charge on any atom is -0.312 e. The minimum atomic E-state index is -3.73. The summed E-state index contributed by atoms with van der Waals surface area (Å²) < 4.78 is 43.2. The zero-order valence-electron chi connectivity index (χ0n) is 18.4. The Bertz CT molecular complexity index is 1520. The van der Waals surface area contributed by atoms with Crippen LogP contribution in [0.15, 0.2) is 95.3 Å². The lowest BCUT2D eigenvalue weighted by Crippen LogP contribution is -2.26. The zero-order valence-corrected chi connectivity index (χ0v) is 20.0. The van der Waals surface area contributed by atoms with Gasteiger partial charge >= 0.3 is 0 Å². The van der Waals surface area contributed by atoms with Crippen molar-refractivity contribution < 1.29 is 17.6 Å². The number of carbonyl (C=O) groups is 1. The van der Waals surface area contributed by atoms with Crippen molar-refractivity contribution >= 4 is 37.5 Å². The van der Waals surface area contributed by atoms with E-state index in [1.54, 1.807) is 16.7 Å². The fourth-order valence-electron chi connectivity index (χ4n) is 3.46. The molecule has 0 spiro atoms. The standard InChI is InChI=1S/C25H22FN3O3S2/c1-3-15-29-22-14-11-20(26)16-23(22)33-25(29)27-24(30)19-9-12-21(13-10-19)34(31,32)28(2)17-18-7-5-4-6-8-18/h3-14,16H,1,15,17H2,2H3. The number of aromatic nitrogens is 1. The van der Waals surface area contributed by atoms with E-state index in [0.29, 0.717) is 16.0 Å². The lowest BCUT2D eigenvalue weighted by Gasteiger charge is -2.17. The van der Waals surface area contributed by atoms with Gasteiger partial charge in [-0.3, -0.25) is 4.79 Å². The molecule has 0 saturated heterocycles. The molecular weight excluding hydrogens is 473 g/mol. The number of fused-ring (bicyclic) bond motifs is 1. The highest BCUT2D eigenvalue weighted by Gasteiger charge is 2.21. The van der Waals surface area contributed by atoms with Crippen molar-refractivity contribution in [3.05, 3.63) is 107 Å². The number of hydrogen-bond acceptors (Lipinski definition) is 4. The number of nitrogens with zero attached hydrogens (tertiary/aromatic N) is 3. The predicted molar refractivity (Wildman–Crippen MR) is 131 cm³/mol. The Morgan fingerprint density at radius 3 is 2.50 bits per heavy atom. The predicted octanol–water partition coefficient (Wildman–Crippen LogP) is 4.59. The summed E-state index contributed by atoms with van der Waals surface area (Å²) in [7, 11) is -2.22. The molecule has 34 heavy (non-hydrogen) atoms. The molecule has 1 aromatic heterocycles. The van der Waals surface area contributed by atoms with Gasteiger partial charge in [-0.1, -0.05) is 47.7 Å². The smallest absolute Gasteiger partial charge is 0.279 e. The Balaban J connectivity index is 1.61. The van der Waals surface area contributed by atoms with Gasteiger partial charge in [0.05, 0.1) is 15.1 Å². The molecule has 9 heteroatoms. The van der Waals surface area contributed by atoms with Gasteiger partial charge in [0, 0.05) is 25.7 Å². The van der Waals surface area contributed by atoms with Crippen LogP contribution in [0.5, 0.6) is 0 Å². The first-order chi connectivity index (χ1) is 16.3. The molecule has 0 radical (unpaired) electrons. The van der Waals surface area contributed by atoms with Gasteiger partial charge in [-0.05, 0) is 48.0 Å². The van der Waals surface area contributed by atoms with Gasteiger partial charge in [0.25, 0.3) is 5.91 Å². The molecule has 6 nitrogen and oxygen atoms in total. The van der Waals surface area contributed by atoms with Crippen molar-refractivity contribution in [3.63, 3.8) is 0 Å². The Morgan fingerprint density at radius 2 is 1.82 bits per heavy atom. The highest BCUT2D eigenvalue weighted by molar-refractivity contribution is 7.89. The lowest BCUT2D eigenvalue weighted by atomic mass is 10.2. The first-order valence-electron chi connectivity index (χ1n) is 10.4. The van der Waals surface area contributed by atoms with Crippen molar-refractivity contribution in [3.8, 4) is 0 Å². The summed E-state index contributed by atoms with van der Waals surface area (Å²) in [6.07, 6.45) is 1.67. The maximum Gasteiger partial charge on any atom is 0.279 e. The quantitative estimate of drug-likeness (QED) is 0.352. The fourth-order valence-corrected chi connectivity index (χ4v) is 5.69. The normalized spacial score (nSPS) is 12.4. The van der Waals surface area contributed by atoms with Crippen LogP contribution in [0.4, 0.5) is 4.39 Å². The molecule has 0 aliphatic carbocycles. The molecular formula is C25H22FN3O3S2. The third-order valence-electron chi connectivity index (χ3n) is 5.21. The van der Waals surface area contributed by atoms with Crippen molar-refractivity contribution in [1.29, 1.82) is 0 Å². The number of hydrogen-bond donors (Lipinski definition) is 0. The fraction of sp³-hybridized carbons (Fsp3) is 0.120. The first kappa shape index (κ1) is 23.7. The third kappa shape index (κ3) is 4.91. The number of allylic oxidation sites excluding steroid dienone is 1. The molecule has 0 atom stereocenters. The highest BCUT2D eigenvalue weighted by atomic mass is 32.2. The molecule has 4 rings (SSSR count). The molecule has 174 valence electrons. The van der Waals surface area contributed by atoms with E-state index in [1.807, 2.05) is 30.3 Å². The molecule has 0 fully saturated rings. The molecule has 0 bridgehead atoms. The van der Waals surface area contributed by atoms with Gasteiger partial charge in [0.2, 0.25) is 10.0 Å². The Morgan fingerprint density at radius 1 is 1.12 bits per heavy atom. The van der Waals surface area contributed by atoms with Crippen LogP contribution >= 0.6 is 11.3 Å². The molecule has 0 unspecified atom stereocenters. The maximum absolute atomic E-state index is 13.6. The second kappa shape index (κ2) is 9.84.